The molecule has 7 nitrogen and oxygen atoms in total. The van der Waals surface area contributed by atoms with Gasteiger partial charge in [0, 0.05) is 51.0 Å². The summed E-state index contributed by atoms with van der Waals surface area (Å²) in [6.07, 6.45) is 5.42. The third-order valence-electron chi connectivity index (χ3n) is 6.12. The van der Waals surface area contributed by atoms with Gasteiger partial charge in [-0.1, -0.05) is 6.07 Å². The molecular weight excluding hydrogens is 374 g/mol. The fourth-order valence-corrected chi connectivity index (χ4v) is 4.46. The van der Waals surface area contributed by atoms with E-state index < -0.39 is 0 Å². The summed E-state index contributed by atoms with van der Waals surface area (Å²) < 4.78 is 0. The lowest BCUT2D eigenvalue weighted by Crippen LogP contribution is -2.45. The maximum atomic E-state index is 4.85. The molecule has 0 bridgehead atoms. The molecule has 1 aliphatic carbocycles. The highest BCUT2D eigenvalue weighted by Gasteiger charge is 2.26. The number of anilines is 2. The zero-order valence-electron chi connectivity index (χ0n) is 18.8. The summed E-state index contributed by atoms with van der Waals surface area (Å²) in [5.41, 5.74) is 3.69. The van der Waals surface area contributed by atoms with E-state index >= 15 is 0 Å². The third kappa shape index (κ3) is 4.90. The quantitative estimate of drug-likeness (QED) is 0.787. The first kappa shape index (κ1) is 21.0. The minimum Gasteiger partial charge on any atom is -0.354 e. The van der Waals surface area contributed by atoms with E-state index in [4.69, 9.17) is 15.0 Å². The number of aryl methyl sites for hydroxylation is 1. The van der Waals surface area contributed by atoms with E-state index in [-0.39, 0.29) is 0 Å². The van der Waals surface area contributed by atoms with E-state index in [1.54, 1.807) is 0 Å². The molecule has 0 spiro atoms. The second-order valence-corrected chi connectivity index (χ2v) is 9.00. The topological polar surface area (TPSA) is 60.4 Å². The Hall–Kier alpha value is -2.25. The normalized spacial score (nSPS) is 19.9. The Labute approximate surface area is 180 Å². The van der Waals surface area contributed by atoms with Crippen molar-refractivity contribution in [3.8, 4) is 0 Å². The molecule has 1 atom stereocenters. The smallest absolute Gasteiger partial charge is 0.225 e. The summed E-state index contributed by atoms with van der Waals surface area (Å²) in [6.45, 7) is 9.18. The van der Waals surface area contributed by atoms with Gasteiger partial charge in [0.2, 0.25) is 5.95 Å². The van der Waals surface area contributed by atoms with Crippen molar-refractivity contribution in [1.82, 2.24) is 24.8 Å². The number of pyridine rings is 1. The summed E-state index contributed by atoms with van der Waals surface area (Å²) in [4.78, 5) is 21.6. The van der Waals surface area contributed by atoms with Gasteiger partial charge < -0.3 is 15.1 Å². The summed E-state index contributed by atoms with van der Waals surface area (Å²) in [6, 6.07) is 7.10. The van der Waals surface area contributed by atoms with Crippen molar-refractivity contribution in [3.63, 3.8) is 0 Å². The van der Waals surface area contributed by atoms with Gasteiger partial charge in [-0.3, -0.25) is 9.88 Å². The summed E-state index contributed by atoms with van der Waals surface area (Å²) >= 11 is 0. The Balaban J connectivity index is 1.56. The van der Waals surface area contributed by atoms with Crippen molar-refractivity contribution in [2.24, 2.45) is 0 Å². The second kappa shape index (κ2) is 9.27. The van der Waals surface area contributed by atoms with E-state index in [0.29, 0.717) is 12.1 Å². The van der Waals surface area contributed by atoms with Crippen molar-refractivity contribution in [3.05, 3.63) is 41.3 Å². The monoisotopic (exact) mass is 409 g/mol. The van der Waals surface area contributed by atoms with Crippen LogP contribution in [0.4, 0.5) is 11.8 Å². The molecule has 4 rings (SSSR count). The zero-order chi connectivity index (χ0) is 21.1. The van der Waals surface area contributed by atoms with Crippen LogP contribution in [0.1, 0.15) is 49.7 Å². The SMILES string of the molecule is CC(C)Nc1nc(CN(C)C2CCCc3cccnc32)cc(N2CCN(C)CC2)n1. The lowest BCUT2D eigenvalue weighted by Gasteiger charge is -2.34. The molecule has 1 N–H and O–H groups in total. The van der Waals surface area contributed by atoms with Crippen LogP contribution in [0.3, 0.4) is 0 Å². The van der Waals surface area contributed by atoms with Gasteiger partial charge >= 0.3 is 0 Å². The molecule has 7 heteroatoms. The first-order chi connectivity index (χ1) is 14.5. The molecule has 2 aliphatic rings. The molecule has 2 aromatic heterocycles. The van der Waals surface area contributed by atoms with Crippen molar-refractivity contribution < 1.29 is 0 Å². The molecule has 0 amide bonds. The maximum Gasteiger partial charge on any atom is 0.225 e. The standard InChI is InChI=1S/C23H35N7/c1-17(2)25-23-26-19(15-21(27-23)30-13-11-28(3)12-14-30)16-29(4)20-9-5-7-18-8-6-10-24-22(18)20/h6,8,10,15,17,20H,5,7,9,11-14,16H2,1-4H3,(H,25,26,27). The first-order valence-corrected chi connectivity index (χ1v) is 11.2. The number of hydrogen-bond acceptors (Lipinski definition) is 7. The maximum absolute atomic E-state index is 4.85. The van der Waals surface area contributed by atoms with Crippen LogP contribution in [-0.4, -0.2) is 71.1 Å². The van der Waals surface area contributed by atoms with Crippen LogP contribution in [0, 0.1) is 0 Å². The van der Waals surface area contributed by atoms with E-state index in [0.717, 1.165) is 63.0 Å². The van der Waals surface area contributed by atoms with E-state index in [2.05, 4.69) is 66.2 Å². The highest BCUT2D eigenvalue weighted by molar-refractivity contribution is 5.45. The molecule has 3 heterocycles. The van der Waals surface area contributed by atoms with E-state index in [9.17, 15) is 0 Å². The van der Waals surface area contributed by atoms with Gasteiger partial charge in [0.15, 0.2) is 0 Å². The van der Waals surface area contributed by atoms with Crippen molar-refractivity contribution in [1.29, 1.82) is 0 Å². The lowest BCUT2D eigenvalue weighted by atomic mass is 9.91. The molecule has 162 valence electrons. The summed E-state index contributed by atoms with van der Waals surface area (Å²) in [5, 5.41) is 3.41. The minimum atomic E-state index is 0.299. The molecular formula is C23H35N7. The van der Waals surface area contributed by atoms with Crippen LogP contribution in [0.2, 0.25) is 0 Å². The number of fused-ring (bicyclic) bond motifs is 1. The minimum absolute atomic E-state index is 0.299. The average molecular weight is 410 g/mol. The van der Waals surface area contributed by atoms with Gasteiger partial charge in [0.25, 0.3) is 0 Å². The van der Waals surface area contributed by atoms with Gasteiger partial charge in [-0.05, 0) is 58.8 Å². The van der Waals surface area contributed by atoms with Gasteiger partial charge in [0.05, 0.1) is 17.4 Å². The first-order valence-electron chi connectivity index (χ1n) is 11.2. The van der Waals surface area contributed by atoms with Crippen LogP contribution >= 0.6 is 0 Å². The van der Waals surface area contributed by atoms with E-state index in [1.807, 2.05) is 6.20 Å². The number of rotatable bonds is 6. The highest BCUT2D eigenvalue weighted by Crippen LogP contribution is 2.32. The fraction of sp³-hybridized carbons (Fsp3) is 0.609. The Bertz CT molecular complexity index is 845. The zero-order valence-corrected chi connectivity index (χ0v) is 18.8. The summed E-state index contributed by atoms with van der Waals surface area (Å²) in [5.74, 6) is 1.76. The molecule has 2 aromatic rings. The van der Waals surface area contributed by atoms with Gasteiger partial charge in [-0.25, -0.2) is 4.98 Å². The Morgan fingerprint density at radius 2 is 2.00 bits per heavy atom. The predicted octanol–water partition coefficient (Wildman–Crippen LogP) is 2.95. The number of nitrogens with zero attached hydrogens (tertiary/aromatic N) is 6. The van der Waals surface area contributed by atoms with Crippen LogP contribution in [0.25, 0.3) is 0 Å². The van der Waals surface area contributed by atoms with Crippen LogP contribution in [0.5, 0.6) is 0 Å². The molecule has 0 aromatic carbocycles. The molecule has 1 fully saturated rings. The Morgan fingerprint density at radius 1 is 1.20 bits per heavy atom. The number of aromatic nitrogens is 3. The van der Waals surface area contributed by atoms with Crippen molar-refractivity contribution >= 4 is 11.8 Å². The third-order valence-corrected chi connectivity index (χ3v) is 6.12. The molecule has 1 aliphatic heterocycles. The predicted molar refractivity (Wildman–Crippen MR) is 122 cm³/mol. The van der Waals surface area contributed by atoms with E-state index in [1.165, 1.54) is 17.7 Å². The molecule has 1 unspecified atom stereocenters. The molecule has 0 saturated carbocycles. The van der Waals surface area contributed by atoms with Gasteiger partial charge in [-0.15, -0.1) is 0 Å². The molecule has 30 heavy (non-hydrogen) atoms. The lowest BCUT2D eigenvalue weighted by molar-refractivity contribution is 0.206. The molecule has 1 saturated heterocycles. The van der Waals surface area contributed by atoms with Crippen LogP contribution < -0.4 is 10.2 Å². The second-order valence-electron chi connectivity index (χ2n) is 9.00. The van der Waals surface area contributed by atoms with Crippen molar-refractivity contribution in [2.75, 3.05) is 50.5 Å². The van der Waals surface area contributed by atoms with Crippen LogP contribution in [0.15, 0.2) is 24.4 Å². The Kier molecular flexibility index (Phi) is 6.49. The number of hydrogen-bond donors (Lipinski definition) is 1. The largest absolute Gasteiger partial charge is 0.354 e. The summed E-state index contributed by atoms with van der Waals surface area (Å²) in [7, 11) is 4.38. The highest BCUT2D eigenvalue weighted by atomic mass is 15.3. The number of likely N-dealkylation sites (N-methyl/N-ethyl adjacent to an activating group) is 1. The molecule has 0 radical (unpaired) electrons. The Morgan fingerprint density at radius 3 is 2.77 bits per heavy atom. The number of nitrogens with one attached hydrogen (secondary N) is 1. The van der Waals surface area contributed by atoms with Crippen molar-refractivity contribution in [2.45, 2.75) is 51.7 Å². The van der Waals surface area contributed by atoms with Gasteiger partial charge in [-0.2, -0.15) is 4.98 Å². The fourth-order valence-electron chi connectivity index (χ4n) is 4.46. The van der Waals surface area contributed by atoms with Crippen LogP contribution in [-0.2, 0) is 13.0 Å². The number of piperazine rings is 1. The van der Waals surface area contributed by atoms with Gasteiger partial charge in [0.1, 0.15) is 5.82 Å². The average Bonchev–Trinajstić information content (AvgIpc) is 2.73.